The SMILES string of the molecule is O=C(Nc1ccc(Cl)c(F)c1)c1ccc(I)c(O)c1. The molecule has 98 valence electrons. The molecule has 0 atom stereocenters. The maximum absolute atomic E-state index is 13.2. The van der Waals surface area contributed by atoms with Gasteiger partial charge in [-0.1, -0.05) is 11.6 Å². The van der Waals surface area contributed by atoms with Gasteiger partial charge >= 0.3 is 0 Å². The van der Waals surface area contributed by atoms with Gasteiger partial charge in [-0.15, -0.1) is 0 Å². The second-order valence-corrected chi connectivity index (χ2v) is 5.32. The smallest absolute Gasteiger partial charge is 0.255 e. The summed E-state index contributed by atoms with van der Waals surface area (Å²) in [6.07, 6.45) is 0. The normalized spacial score (nSPS) is 10.3. The summed E-state index contributed by atoms with van der Waals surface area (Å²) in [5.74, 6) is -1.02. The predicted octanol–water partition coefficient (Wildman–Crippen LogP) is 4.04. The lowest BCUT2D eigenvalue weighted by Gasteiger charge is -2.07. The molecule has 2 N–H and O–H groups in total. The first-order valence-corrected chi connectivity index (χ1v) is 6.68. The quantitative estimate of drug-likeness (QED) is 0.759. The molecule has 0 aliphatic rings. The van der Waals surface area contributed by atoms with Crippen LogP contribution in [0.2, 0.25) is 5.02 Å². The summed E-state index contributed by atoms with van der Waals surface area (Å²) < 4.78 is 13.9. The van der Waals surface area contributed by atoms with Crippen molar-refractivity contribution >= 4 is 45.8 Å². The molecule has 0 saturated heterocycles. The van der Waals surface area contributed by atoms with Crippen molar-refractivity contribution in [3.8, 4) is 5.75 Å². The lowest BCUT2D eigenvalue weighted by Crippen LogP contribution is -2.12. The summed E-state index contributed by atoms with van der Waals surface area (Å²) in [6, 6.07) is 8.53. The number of benzene rings is 2. The van der Waals surface area contributed by atoms with Crippen molar-refractivity contribution in [2.45, 2.75) is 0 Å². The molecule has 0 radical (unpaired) electrons. The van der Waals surface area contributed by atoms with E-state index in [9.17, 15) is 14.3 Å². The van der Waals surface area contributed by atoms with Gasteiger partial charge in [-0.2, -0.15) is 0 Å². The Kier molecular flexibility index (Phi) is 4.26. The highest BCUT2D eigenvalue weighted by Gasteiger charge is 2.09. The van der Waals surface area contributed by atoms with E-state index in [0.717, 1.165) is 6.07 Å². The maximum Gasteiger partial charge on any atom is 0.255 e. The number of carbonyl (C=O) groups is 1. The van der Waals surface area contributed by atoms with Crippen LogP contribution in [0.15, 0.2) is 36.4 Å². The zero-order valence-electron chi connectivity index (χ0n) is 9.45. The topological polar surface area (TPSA) is 49.3 Å². The standard InChI is InChI=1S/C13H8ClFINO2/c14-9-3-2-8(6-10(9)15)17-13(19)7-1-4-11(16)12(18)5-7/h1-6,18H,(H,17,19). The van der Waals surface area contributed by atoms with Crippen LogP contribution < -0.4 is 5.32 Å². The Morgan fingerprint density at radius 1 is 1.26 bits per heavy atom. The minimum atomic E-state index is -0.607. The molecular formula is C13H8ClFINO2. The van der Waals surface area contributed by atoms with Gasteiger partial charge in [0.1, 0.15) is 11.6 Å². The van der Waals surface area contributed by atoms with Gasteiger partial charge in [0.2, 0.25) is 0 Å². The van der Waals surface area contributed by atoms with Gasteiger partial charge in [0.15, 0.2) is 0 Å². The Balaban J connectivity index is 2.20. The Hall–Kier alpha value is -1.34. The van der Waals surface area contributed by atoms with Crippen molar-refractivity contribution in [1.82, 2.24) is 0 Å². The first-order valence-electron chi connectivity index (χ1n) is 5.22. The largest absolute Gasteiger partial charge is 0.507 e. The van der Waals surface area contributed by atoms with Gasteiger partial charge in [0, 0.05) is 11.3 Å². The van der Waals surface area contributed by atoms with E-state index in [1.807, 2.05) is 22.6 Å². The highest BCUT2D eigenvalue weighted by Crippen LogP contribution is 2.22. The van der Waals surface area contributed by atoms with Crippen LogP contribution in [0.3, 0.4) is 0 Å². The molecule has 0 unspecified atom stereocenters. The number of halogens is 3. The molecule has 2 aromatic rings. The molecule has 2 aromatic carbocycles. The summed E-state index contributed by atoms with van der Waals surface area (Å²) in [7, 11) is 0. The second kappa shape index (κ2) is 5.75. The Morgan fingerprint density at radius 2 is 2.00 bits per heavy atom. The summed E-state index contributed by atoms with van der Waals surface area (Å²) in [5.41, 5.74) is 0.582. The van der Waals surface area contributed by atoms with Gasteiger partial charge in [-0.25, -0.2) is 4.39 Å². The van der Waals surface area contributed by atoms with E-state index in [1.54, 1.807) is 12.1 Å². The van der Waals surface area contributed by atoms with Crippen molar-refractivity contribution in [1.29, 1.82) is 0 Å². The minimum Gasteiger partial charge on any atom is -0.507 e. The summed E-state index contributed by atoms with van der Waals surface area (Å²) in [5, 5.41) is 12.0. The van der Waals surface area contributed by atoms with Crippen LogP contribution in [0, 0.1) is 9.39 Å². The lowest BCUT2D eigenvalue weighted by molar-refractivity contribution is 0.102. The van der Waals surface area contributed by atoms with Crippen LogP contribution in [-0.4, -0.2) is 11.0 Å². The number of phenolic OH excluding ortho intramolecular Hbond substituents is 1. The van der Waals surface area contributed by atoms with E-state index < -0.39 is 11.7 Å². The number of carbonyl (C=O) groups excluding carboxylic acids is 1. The average molecular weight is 392 g/mol. The molecule has 6 heteroatoms. The number of hydrogen-bond acceptors (Lipinski definition) is 2. The van der Waals surface area contributed by atoms with Crippen molar-refractivity contribution < 1.29 is 14.3 Å². The third-order valence-electron chi connectivity index (χ3n) is 2.39. The Morgan fingerprint density at radius 3 is 2.63 bits per heavy atom. The monoisotopic (exact) mass is 391 g/mol. The van der Waals surface area contributed by atoms with Crippen LogP contribution >= 0.6 is 34.2 Å². The number of aromatic hydroxyl groups is 1. The van der Waals surface area contributed by atoms with Gasteiger partial charge in [0.25, 0.3) is 5.91 Å². The highest BCUT2D eigenvalue weighted by molar-refractivity contribution is 14.1. The fourth-order valence-electron chi connectivity index (χ4n) is 1.43. The lowest BCUT2D eigenvalue weighted by atomic mass is 10.2. The number of phenols is 1. The highest BCUT2D eigenvalue weighted by atomic mass is 127. The fourth-order valence-corrected chi connectivity index (χ4v) is 1.88. The Labute approximate surface area is 127 Å². The van der Waals surface area contributed by atoms with Gasteiger partial charge in [0.05, 0.1) is 8.59 Å². The number of rotatable bonds is 2. The summed E-state index contributed by atoms with van der Waals surface area (Å²) >= 11 is 7.50. The molecule has 0 bridgehead atoms. The minimum absolute atomic E-state index is 0.00934. The van der Waals surface area contributed by atoms with E-state index in [0.29, 0.717) is 9.26 Å². The summed E-state index contributed by atoms with van der Waals surface area (Å²) in [6.45, 7) is 0. The maximum atomic E-state index is 13.2. The van der Waals surface area contributed by atoms with E-state index in [2.05, 4.69) is 5.32 Å². The van der Waals surface area contributed by atoms with Crippen molar-refractivity contribution in [2.24, 2.45) is 0 Å². The molecule has 0 spiro atoms. The van der Waals surface area contributed by atoms with Gasteiger partial charge in [-0.05, 0) is 59.0 Å². The first-order chi connectivity index (χ1) is 8.97. The molecule has 2 rings (SSSR count). The predicted molar refractivity (Wildman–Crippen MR) is 80.2 cm³/mol. The number of anilines is 1. The second-order valence-electron chi connectivity index (χ2n) is 3.75. The zero-order chi connectivity index (χ0) is 14.0. The fraction of sp³-hybridized carbons (Fsp3) is 0. The third-order valence-corrected chi connectivity index (χ3v) is 3.60. The van der Waals surface area contributed by atoms with E-state index in [-0.39, 0.29) is 16.3 Å². The van der Waals surface area contributed by atoms with Crippen LogP contribution in [0.5, 0.6) is 5.75 Å². The molecule has 3 nitrogen and oxygen atoms in total. The first kappa shape index (κ1) is 14.1. The Bertz CT molecular complexity index is 649. The number of hydrogen-bond donors (Lipinski definition) is 2. The third kappa shape index (κ3) is 3.36. The van der Waals surface area contributed by atoms with Crippen LogP contribution in [0.4, 0.5) is 10.1 Å². The molecule has 0 heterocycles. The number of amides is 1. The zero-order valence-corrected chi connectivity index (χ0v) is 12.4. The van der Waals surface area contributed by atoms with Crippen molar-refractivity contribution in [2.75, 3.05) is 5.32 Å². The van der Waals surface area contributed by atoms with E-state index >= 15 is 0 Å². The molecule has 1 amide bonds. The van der Waals surface area contributed by atoms with E-state index in [4.69, 9.17) is 11.6 Å². The average Bonchev–Trinajstić information content (AvgIpc) is 2.37. The molecular weight excluding hydrogens is 384 g/mol. The van der Waals surface area contributed by atoms with Gasteiger partial charge in [-0.3, -0.25) is 4.79 Å². The molecule has 0 aliphatic carbocycles. The van der Waals surface area contributed by atoms with Gasteiger partial charge < -0.3 is 10.4 Å². The molecule has 0 aliphatic heterocycles. The van der Waals surface area contributed by atoms with Crippen molar-refractivity contribution in [3.05, 3.63) is 56.4 Å². The van der Waals surface area contributed by atoms with Crippen LogP contribution in [-0.2, 0) is 0 Å². The van der Waals surface area contributed by atoms with Crippen molar-refractivity contribution in [3.63, 3.8) is 0 Å². The molecule has 0 saturated carbocycles. The van der Waals surface area contributed by atoms with Crippen LogP contribution in [0.25, 0.3) is 0 Å². The molecule has 0 aromatic heterocycles. The molecule has 19 heavy (non-hydrogen) atoms. The summed E-state index contributed by atoms with van der Waals surface area (Å²) in [4.78, 5) is 11.9. The molecule has 0 fully saturated rings. The van der Waals surface area contributed by atoms with Crippen LogP contribution in [0.1, 0.15) is 10.4 Å². The van der Waals surface area contributed by atoms with E-state index in [1.165, 1.54) is 18.2 Å². The number of nitrogens with one attached hydrogen (secondary N) is 1.